The molecule has 1 heterocycles. The summed E-state index contributed by atoms with van der Waals surface area (Å²) in [4.78, 5) is 4.65. The molecule has 0 radical (unpaired) electrons. The molecule has 0 saturated carbocycles. The molecule has 7 heteroatoms. The molecule has 1 aliphatic rings. The fourth-order valence-corrected chi connectivity index (χ4v) is 3.06. The van der Waals surface area contributed by atoms with Crippen LogP contribution in [0.5, 0.6) is 0 Å². The van der Waals surface area contributed by atoms with Gasteiger partial charge >= 0.3 is 0 Å². The van der Waals surface area contributed by atoms with Gasteiger partial charge in [0.2, 0.25) is 0 Å². The number of rotatable bonds is 6. The zero-order valence-electron chi connectivity index (χ0n) is 15.6. The highest BCUT2D eigenvalue weighted by atomic mass is 35.5. The van der Waals surface area contributed by atoms with Crippen molar-refractivity contribution in [2.45, 2.75) is 13.0 Å². The van der Waals surface area contributed by atoms with Crippen molar-refractivity contribution in [3.63, 3.8) is 0 Å². The first kappa shape index (κ1) is 26.0. The zero-order chi connectivity index (χ0) is 16.8. The van der Waals surface area contributed by atoms with Gasteiger partial charge in [0.25, 0.3) is 0 Å². The monoisotopic (exact) mass is 435 g/mol. The first-order valence-corrected chi connectivity index (χ1v) is 8.68. The molecular weight excluding hydrogens is 408 g/mol. The van der Waals surface area contributed by atoms with Crippen LogP contribution in [-0.2, 0) is 13.0 Å². The number of piperazine rings is 1. The summed E-state index contributed by atoms with van der Waals surface area (Å²) < 4.78 is 13.0. The maximum atomic E-state index is 13.0. The molecular formula is C20H29Cl3FN3. The van der Waals surface area contributed by atoms with Crippen LogP contribution in [0.25, 0.3) is 0 Å². The van der Waals surface area contributed by atoms with E-state index in [2.05, 4.69) is 39.4 Å². The Bertz CT molecular complexity index is 632. The summed E-state index contributed by atoms with van der Waals surface area (Å²) >= 11 is 0. The minimum atomic E-state index is -0.188. The van der Waals surface area contributed by atoms with E-state index in [1.54, 1.807) is 0 Å². The Labute approximate surface area is 180 Å². The van der Waals surface area contributed by atoms with Crippen LogP contribution in [0, 0.1) is 5.82 Å². The second kappa shape index (κ2) is 13.2. The Morgan fingerprint density at radius 2 is 1.44 bits per heavy atom. The molecule has 27 heavy (non-hydrogen) atoms. The summed E-state index contributed by atoms with van der Waals surface area (Å²) in [5.74, 6) is -0.188. The van der Waals surface area contributed by atoms with Crippen LogP contribution >= 0.6 is 37.2 Å². The van der Waals surface area contributed by atoms with Gasteiger partial charge in [0.1, 0.15) is 5.82 Å². The van der Waals surface area contributed by atoms with Crippen molar-refractivity contribution in [2.24, 2.45) is 0 Å². The number of halogens is 4. The van der Waals surface area contributed by atoms with Crippen molar-refractivity contribution in [3.8, 4) is 0 Å². The highest BCUT2D eigenvalue weighted by molar-refractivity contribution is 5.86. The lowest BCUT2D eigenvalue weighted by atomic mass is 10.1. The van der Waals surface area contributed by atoms with E-state index in [1.807, 2.05) is 19.2 Å². The Balaban J connectivity index is 0.00000225. The van der Waals surface area contributed by atoms with Crippen LogP contribution in [0.1, 0.15) is 11.1 Å². The fourth-order valence-electron chi connectivity index (χ4n) is 3.06. The normalized spacial score (nSPS) is 13.7. The molecule has 1 aliphatic heterocycles. The Morgan fingerprint density at radius 3 is 2.04 bits per heavy atom. The summed E-state index contributed by atoms with van der Waals surface area (Å²) in [6.45, 7) is 6.40. The molecule has 0 aliphatic carbocycles. The second-order valence-electron chi connectivity index (χ2n) is 6.49. The van der Waals surface area contributed by atoms with Crippen LogP contribution in [-0.4, -0.2) is 44.7 Å². The van der Waals surface area contributed by atoms with Crippen LogP contribution in [0.2, 0.25) is 0 Å². The lowest BCUT2D eigenvalue weighted by Gasteiger charge is -2.27. The third-order valence-electron chi connectivity index (χ3n) is 4.64. The van der Waals surface area contributed by atoms with E-state index >= 15 is 0 Å². The summed E-state index contributed by atoms with van der Waals surface area (Å²) in [7, 11) is 2.05. The summed E-state index contributed by atoms with van der Waals surface area (Å²) in [5.41, 5.74) is 3.77. The SMILES string of the molecule is CN(CCc1ccc(CN2CCNCC2)cc1)c1ccc(F)cc1.Cl.Cl.Cl. The standard InChI is InChI=1S/C20H26FN3.3ClH/c1-23(20-8-6-19(21)7-9-20)13-10-17-2-4-18(5-3-17)16-24-14-11-22-12-15-24;;;/h2-9,22H,10-16H2,1H3;3*1H. The molecule has 0 bridgehead atoms. The van der Waals surface area contributed by atoms with Gasteiger partial charge < -0.3 is 10.2 Å². The number of nitrogens with zero attached hydrogens (tertiary/aromatic N) is 2. The molecule has 0 aromatic heterocycles. The van der Waals surface area contributed by atoms with E-state index in [0.717, 1.165) is 51.4 Å². The van der Waals surface area contributed by atoms with Gasteiger partial charge in [-0.2, -0.15) is 0 Å². The predicted molar refractivity (Wildman–Crippen MR) is 120 cm³/mol. The number of hydrogen-bond donors (Lipinski definition) is 1. The van der Waals surface area contributed by atoms with Crippen LogP contribution in [0.15, 0.2) is 48.5 Å². The Hall–Kier alpha value is -1.04. The largest absolute Gasteiger partial charge is 0.374 e. The van der Waals surface area contributed by atoms with Gasteiger partial charge in [0.15, 0.2) is 0 Å². The van der Waals surface area contributed by atoms with Crippen molar-refractivity contribution in [1.82, 2.24) is 10.2 Å². The van der Waals surface area contributed by atoms with Gasteiger partial charge in [-0.15, -0.1) is 37.2 Å². The summed E-state index contributed by atoms with van der Waals surface area (Å²) in [5, 5.41) is 3.39. The molecule has 1 N–H and O–H groups in total. The molecule has 3 nitrogen and oxygen atoms in total. The topological polar surface area (TPSA) is 18.5 Å². The zero-order valence-corrected chi connectivity index (χ0v) is 18.0. The smallest absolute Gasteiger partial charge is 0.123 e. The van der Waals surface area contributed by atoms with Crippen molar-refractivity contribution >= 4 is 42.9 Å². The van der Waals surface area contributed by atoms with Crippen LogP contribution in [0.4, 0.5) is 10.1 Å². The van der Waals surface area contributed by atoms with Crippen molar-refractivity contribution in [1.29, 1.82) is 0 Å². The Kier molecular flexibility index (Phi) is 12.7. The molecule has 152 valence electrons. The molecule has 3 rings (SSSR count). The van der Waals surface area contributed by atoms with Gasteiger partial charge in [-0.05, 0) is 41.8 Å². The number of likely N-dealkylation sites (N-methyl/N-ethyl adjacent to an activating group) is 1. The average molecular weight is 437 g/mol. The maximum Gasteiger partial charge on any atom is 0.123 e. The second-order valence-corrected chi connectivity index (χ2v) is 6.49. The third kappa shape index (κ3) is 8.24. The minimum absolute atomic E-state index is 0. The average Bonchev–Trinajstić information content (AvgIpc) is 2.62. The maximum absolute atomic E-state index is 13.0. The molecule has 2 aromatic carbocycles. The van der Waals surface area contributed by atoms with E-state index in [4.69, 9.17) is 0 Å². The highest BCUT2D eigenvalue weighted by Gasteiger charge is 2.09. The van der Waals surface area contributed by atoms with E-state index < -0.39 is 0 Å². The van der Waals surface area contributed by atoms with Gasteiger partial charge in [-0.1, -0.05) is 24.3 Å². The van der Waals surface area contributed by atoms with Crippen molar-refractivity contribution in [2.75, 3.05) is 44.7 Å². The van der Waals surface area contributed by atoms with Gasteiger partial charge in [-0.25, -0.2) is 4.39 Å². The lowest BCUT2D eigenvalue weighted by Crippen LogP contribution is -2.42. The molecule has 0 atom stereocenters. The lowest BCUT2D eigenvalue weighted by molar-refractivity contribution is 0.233. The predicted octanol–water partition coefficient (Wildman–Crippen LogP) is 4.18. The van der Waals surface area contributed by atoms with E-state index in [-0.39, 0.29) is 43.0 Å². The van der Waals surface area contributed by atoms with Gasteiger partial charge in [-0.3, -0.25) is 4.90 Å². The van der Waals surface area contributed by atoms with Gasteiger partial charge in [0, 0.05) is 52.0 Å². The highest BCUT2D eigenvalue weighted by Crippen LogP contribution is 2.14. The molecule has 1 fully saturated rings. The molecule has 0 amide bonds. The third-order valence-corrected chi connectivity index (χ3v) is 4.64. The van der Waals surface area contributed by atoms with E-state index in [0.29, 0.717) is 0 Å². The first-order chi connectivity index (χ1) is 11.7. The number of hydrogen-bond acceptors (Lipinski definition) is 3. The molecule has 0 unspecified atom stereocenters. The minimum Gasteiger partial charge on any atom is -0.374 e. The van der Waals surface area contributed by atoms with Gasteiger partial charge in [0.05, 0.1) is 0 Å². The summed E-state index contributed by atoms with van der Waals surface area (Å²) in [6, 6.07) is 15.6. The summed E-state index contributed by atoms with van der Waals surface area (Å²) in [6.07, 6.45) is 0.988. The van der Waals surface area contributed by atoms with Crippen LogP contribution < -0.4 is 10.2 Å². The molecule has 0 spiro atoms. The fraction of sp³-hybridized carbons (Fsp3) is 0.400. The number of nitrogens with one attached hydrogen (secondary N) is 1. The van der Waals surface area contributed by atoms with Crippen molar-refractivity contribution in [3.05, 3.63) is 65.5 Å². The molecule has 1 saturated heterocycles. The molecule has 2 aromatic rings. The van der Waals surface area contributed by atoms with Crippen molar-refractivity contribution < 1.29 is 4.39 Å². The van der Waals surface area contributed by atoms with E-state index in [9.17, 15) is 4.39 Å². The quantitative estimate of drug-likeness (QED) is 0.733. The van der Waals surface area contributed by atoms with Crippen LogP contribution in [0.3, 0.4) is 0 Å². The number of anilines is 1. The number of benzene rings is 2. The first-order valence-electron chi connectivity index (χ1n) is 8.68. The Morgan fingerprint density at radius 1 is 0.889 bits per heavy atom. The van der Waals surface area contributed by atoms with E-state index in [1.165, 1.54) is 23.3 Å².